The van der Waals surface area contributed by atoms with E-state index < -0.39 is 23.1 Å². The summed E-state index contributed by atoms with van der Waals surface area (Å²) < 4.78 is 28.1. The summed E-state index contributed by atoms with van der Waals surface area (Å²) in [5, 5.41) is 2.99. The highest BCUT2D eigenvalue weighted by Crippen LogP contribution is 2.17. The quantitative estimate of drug-likeness (QED) is 0.944. The van der Waals surface area contributed by atoms with E-state index in [4.69, 9.17) is 0 Å². The van der Waals surface area contributed by atoms with Crippen LogP contribution in [0.5, 0.6) is 0 Å². The summed E-state index contributed by atoms with van der Waals surface area (Å²) in [6.45, 7) is 5.80. The first-order valence-corrected chi connectivity index (χ1v) is 7.18. The molecule has 1 aromatic heterocycles. The number of rotatable bonds is 4. The van der Waals surface area contributed by atoms with Crippen LogP contribution in [0.25, 0.3) is 10.8 Å². The lowest BCUT2D eigenvalue weighted by atomic mass is 10.1. The van der Waals surface area contributed by atoms with E-state index in [0.717, 1.165) is 12.1 Å². The first kappa shape index (κ1) is 16.1. The number of halogens is 2. The number of fused-ring (bicyclic) bond motifs is 1. The average Bonchev–Trinajstić information content (AvgIpc) is 2.43. The zero-order valence-corrected chi connectivity index (χ0v) is 12.7. The number of carbonyl (C=O) groups excluding carboxylic acids is 1. The molecule has 22 heavy (non-hydrogen) atoms. The van der Waals surface area contributed by atoms with Crippen LogP contribution in [0.3, 0.4) is 0 Å². The van der Waals surface area contributed by atoms with Gasteiger partial charge in [0.25, 0.3) is 11.5 Å². The number of pyridine rings is 1. The molecule has 0 atom stereocenters. The van der Waals surface area contributed by atoms with Gasteiger partial charge in [-0.1, -0.05) is 6.92 Å². The molecule has 6 heteroatoms. The van der Waals surface area contributed by atoms with E-state index in [-0.39, 0.29) is 22.5 Å². The maximum Gasteiger partial charge on any atom is 0.268 e. The Balaban J connectivity index is 2.73. The third kappa shape index (κ3) is 3.00. The molecular formula is C16H18F2N2O2. The number of carbonyl (C=O) groups is 1. The zero-order chi connectivity index (χ0) is 16.4. The maximum absolute atomic E-state index is 13.4. The van der Waals surface area contributed by atoms with Crippen molar-refractivity contribution in [1.29, 1.82) is 0 Å². The monoisotopic (exact) mass is 308 g/mol. The molecule has 0 aliphatic carbocycles. The lowest BCUT2D eigenvalue weighted by molar-refractivity contribution is 0.0932. The highest BCUT2D eigenvalue weighted by Gasteiger charge is 2.17. The summed E-state index contributed by atoms with van der Waals surface area (Å²) in [6, 6.07) is 3.14. The third-order valence-electron chi connectivity index (χ3n) is 3.25. The fourth-order valence-electron chi connectivity index (χ4n) is 2.32. The van der Waals surface area contributed by atoms with Crippen molar-refractivity contribution < 1.29 is 13.6 Å². The fourth-order valence-corrected chi connectivity index (χ4v) is 2.32. The molecule has 118 valence electrons. The molecule has 1 heterocycles. The van der Waals surface area contributed by atoms with Crippen LogP contribution in [0.2, 0.25) is 0 Å². The smallest absolute Gasteiger partial charge is 0.268 e. The van der Waals surface area contributed by atoms with E-state index in [2.05, 4.69) is 5.32 Å². The Kier molecular flexibility index (Phi) is 4.59. The summed E-state index contributed by atoms with van der Waals surface area (Å²) >= 11 is 0. The zero-order valence-electron chi connectivity index (χ0n) is 12.7. The molecule has 1 N–H and O–H groups in total. The van der Waals surface area contributed by atoms with E-state index in [1.165, 1.54) is 10.6 Å². The van der Waals surface area contributed by atoms with Gasteiger partial charge in [-0.05, 0) is 43.9 Å². The summed E-state index contributed by atoms with van der Waals surface area (Å²) in [7, 11) is 0. The van der Waals surface area contributed by atoms with Gasteiger partial charge in [0.2, 0.25) is 0 Å². The molecule has 0 bridgehead atoms. The van der Waals surface area contributed by atoms with Crippen LogP contribution in [-0.4, -0.2) is 16.5 Å². The van der Waals surface area contributed by atoms with E-state index in [1.54, 1.807) is 13.8 Å². The number of benzene rings is 1. The van der Waals surface area contributed by atoms with E-state index in [1.807, 2.05) is 6.92 Å². The first-order chi connectivity index (χ1) is 10.3. The molecule has 1 aromatic carbocycles. The van der Waals surface area contributed by atoms with E-state index in [9.17, 15) is 18.4 Å². The van der Waals surface area contributed by atoms with Gasteiger partial charge < -0.3 is 9.88 Å². The predicted octanol–water partition coefficient (Wildman–Crippen LogP) is 2.83. The van der Waals surface area contributed by atoms with Crippen molar-refractivity contribution in [3.8, 4) is 0 Å². The topological polar surface area (TPSA) is 51.1 Å². The van der Waals surface area contributed by atoms with Gasteiger partial charge >= 0.3 is 0 Å². The SMILES string of the molecule is CCCn1c(C(=O)NC(C)C)cc2cc(F)c(F)cc2c1=O. The minimum absolute atomic E-state index is 0.0634. The number of amides is 1. The molecule has 0 saturated heterocycles. The van der Waals surface area contributed by atoms with Crippen LogP contribution in [0, 0.1) is 11.6 Å². The van der Waals surface area contributed by atoms with Gasteiger partial charge in [-0.2, -0.15) is 0 Å². The Morgan fingerprint density at radius 2 is 1.86 bits per heavy atom. The Bertz CT molecular complexity index is 782. The molecule has 1 amide bonds. The van der Waals surface area contributed by atoms with Crippen molar-refractivity contribution in [2.75, 3.05) is 0 Å². The average molecular weight is 308 g/mol. The highest BCUT2D eigenvalue weighted by molar-refractivity contribution is 5.96. The van der Waals surface area contributed by atoms with Crippen LogP contribution >= 0.6 is 0 Å². The minimum Gasteiger partial charge on any atom is -0.349 e. The van der Waals surface area contributed by atoms with Gasteiger partial charge in [-0.15, -0.1) is 0 Å². The highest BCUT2D eigenvalue weighted by atomic mass is 19.2. The summed E-state index contributed by atoms with van der Waals surface area (Å²) in [6.07, 6.45) is 0.636. The molecular weight excluding hydrogens is 290 g/mol. The van der Waals surface area contributed by atoms with E-state index >= 15 is 0 Å². The Morgan fingerprint density at radius 1 is 1.23 bits per heavy atom. The van der Waals surface area contributed by atoms with Gasteiger partial charge in [0.15, 0.2) is 11.6 Å². The number of hydrogen-bond donors (Lipinski definition) is 1. The second-order valence-corrected chi connectivity index (χ2v) is 5.47. The van der Waals surface area contributed by atoms with Crippen LogP contribution in [0.15, 0.2) is 23.0 Å². The van der Waals surface area contributed by atoms with Crippen LogP contribution in [0.1, 0.15) is 37.7 Å². The molecule has 0 saturated carbocycles. The van der Waals surface area contributed by atoms with Gasteiger partial charge in [0, 0.05) is 12.6 Å². The predicted molar refractivity (Wildman–Crippen MR) is 81.0 cm³/mol. The van der Waals surface area contributed by atoms with Crippen LogP contribution in [-0.2, 0) is 6.54 Å². The lowest BCUT2D eigenvalue weighted by Gasteiger charge is -2.15. The molecule has 0 aliphatic rings. The Hall–Kier alpha value is -2.24. The van der Waals surface area contributed by atoms with Gasteiger partial charge in [-0.3, -0.25) is 9.59 Å². The summed E-state index contributed by atoms with van der Waals surface area (Å²) in [4.78, 5) is 24.7. The van der Waals surface area contributed by atoms with Crippen molar-refractivity contribution in [3.05, 3.63) is 45.9 Å². The van der Waals surface area contributed by atoms with Gasteiger partial charge in [0.05, 0.1) is 5.39 Å². The third-order valence-corrected chi connectivity index (χ3v) is 3.25. The molecule has 4 nitrogen and oxygen atoms in total. The van der Waals surface area contributed by atoms with Gasteiger partial charge in [-0.25, -0.2) is 8.78 Å². The maximum atomic E-state index is 13.4. The second kappa shape index (κ2) is 6.25. The second-order valence-electron chi connectivity index (χ2n) is 5.47. The van der Waals surface area contributed by atoms with Crippen molar-refractivity contribution in [2.45, 2.75) is 39.8 Å². The Morgan fingerprint density at radius 3 is 2.45 bits per heavy atom. The van der Waals surface area contributed by atoms with Crippen molar-refractivity contribution in [3.63, 3.8) is 0 Å². The fraction of sp³-hybridized carbons (Fsp3) is 0.375. The number of hydrogen-bond acceptors (Lipinski definition) is 2. The number of nitrogens with one attached hydrogen (secondary N) is 1. The molecule has 0 fully saturated rings. The molecule has 2 aromatic rings. The van der Waals surface area contributed by atoms with Crippen molar-refractivity contribution in [2.24, 2.45) is 0 Å². The normalized spacial score (nSPS) is 11.2. The minimum atomic E-state index is -1.08. The molecule has 2 rings (SSSR count). The molecule has 0 spiro atoms. The van der Waals surface area contributed by atoms with Crippen molar-refractivity contribution >= 4 is 16.7 Å². The molecule has 0 aliphatic heterocycles. The Labute approximate surface area is 126 Å². The summed E-state index contributed by atoms with van der Waals surface area (Å²) in [5.74, 6) is -2.53. The molecule has 0 unspecified atom stereocenters. The largest absolute Gasteiger partial charge is 0.349 e. The lowest BCUT2D eigenvalue weighted by Crippen LogP contribution is -2.35. The van der Waals surface area contributed by atoms with Gasteiger partial charge in [0.1, 0.15) is 5.69 Å². The number of nitrogens with zero attached hydrogens (tertiary/aromatic N) is 1. The number of aromatic nitrogens is 1. The first-order valence-electron chi connectivity index (χ1n) is 7.18. The summed E-state index contributed by atoms with van der Waals surface area (Å²) in [5.41, 5.74) is -0.341. The standard InChI is InChI=1S/C16H18F2N2O2/c1-4-5-20-14(15(21)19-9(2)3)7-10-6-12(17)13(18)8-11(10)16(20)22/h6-9H,4-5H2,1-3H3,(H,19,21). The van der Waals surface area contributed by atoms with Crippen LogP contribution in [0.4, 0.5) is 8.78 Å². The van der Waals surface area contributed by atoms with Crippen LogP contribution < -0.4 is 10.9 Å². The van der Waals surface area contributed by atoms with Crippen molar-refractivity contribution in [1.82, 2.24) is 9.88 Å². The van der Waals surface area contributed by atoms with E-state index in [0.29, 0.717) is 13.0 Å². The molecule has 0 radical (unpaired) electrons.